The van der Waals surface area contributed by atoms with E-state index in [0.717, 1.165) is 24.9 Å². The summed E-state index contributed by atoms with van der Waals surface area (Å²) in [5, 5.41) is 0. The Labute approximate surface area is 130 Å². The monoisotopic (exact) mass is 329 g/mol. The number of halogens is 1. The number of carbonyl (C=O) groups is 1. The zero-order valence-electron chi connectivity index (χ0n) is 12.3. The number of nitrogens with zero attached hydrogens (tertiary/aromatic N) is 1. The lowest BCUT2D eigenvalue weighted by molar-refractivity contribution is -0.134. The molecule has 1 aromatic rings. The molecule has 0 radical (unpaired) electrons. The molecule has 4 nitrogen and oxygen atoms in total. The first-order valence-electron chi connectivity index (χ1n) is 7.04. The summed E-state index contributed by atoms with van der Waals surface area (Å²) < 4.78 is 22.3. The van der Waals surface area contributed by atoms with Gasteiger partial charge in [-0.1, -0.05) is 12.1 Å². The quantitative estimate of drug-likeness (QED) is 0.798. The number of amides is 1. The molecule has 6 heteroatoms. The van der Waals surface area contributed by atoms with Crippen molar-refractivity contribution in [1.29, 1.82) is 0 Å². The van der Waals surface area contributed by atoms with E-state index in [0.29, 0.717) is 12.8 Å². The Morgan fingerprint density at radius 2 is 1.90 bits per heavy atom. The van der Waals surface area contributed by atoms with Crippen LogP contribution in [-0.4, -0.2) is 31.3 Å². The second-order valence-electron chi connectivity index (χ2n) is 6.04. The summed E-state index contributed by atoms with van der Waals surface area (Å²) in [7, 11) is 1.59. The van der Waals surface area contributed by atoms with Crippen LogP contribution in [0.5, 0.6) is 0 Å². The van der Waals surface area contributed by atoms with Crippen LogP contribution in [0.25, 0.3) is 0 Å². The van der Waals surface area contributed by atoms with Gasteiger partial charge in [-0.15, -0.1) is 0 Å². The van der Waals surface area contributed by atoms with Crippen molar-refractivity contribution in [3.05, 3.63) is 29.8 Å². The highest BCUT2D eigenvalue weighted by molar-refractivity contribution is 8.13. The molecule has 0 N–H and O–H groups in total. The third kappa shape index (κ3) is 3.98. The highest BCUT2D eigenvalue weighted by Gasteiger charge is 2.34. The minimum Gasteiger partial charge on any atom is -0.338 e. The fourth-order valence-electron chi connectivity index (χ4n) is 2.77. The SMILES string of the molecule is CC1(C)CCCN1C(=O)CCc1ccc(S(=O)(=O)Cl)cc1. The Morgan fingerprint density at radius 3 is 2.38 bits per heavy atom. The lowest BCUT2D eigenvalue weighted by Gasteiger charge is -2.31. The molecule has 1 aliphatic heterocycles. The summed E-state index contributed by atoms with van der Waals surface area (Å²) in [5.41, 5.74) is 0.887. The first-order chi connectivity index (χ1) is 9.70. The molecule has 0 spiro atoms. The second kappa shape index (κ2) is 5.97. The van der Waals surface area contributed by atoms with Gasteiger partial charge in [0.15, 0.2) is 0 Å². The molecular weight excluding hydrogens is 310 g/mol. The van der Waals surface area contributed by atoms with E-state index in [-0.39, 0.29) is 16.3 Å². The molecule has 0 aliphatic carbocycles. The molecule has 21 heavy (non-hydrogen) atoms. The van der Waals surface area contributed by atoms with Gasteiger partial charge in [-0.3, -0.25) is 4.79 Å². The lowest BCUT2D eigenvalue weighted by atomic mass is 10.0. The highest BCUT2D eigenvalue weighted by atomic mass is 35.7. The molecule has 1 aromatic carbocycles. The van der Waals surface area contributed by atoms with Gasteiger partial charge in [0, 0.05) is 29.2 Å². The summed E-state index contributed by atoms with van der Waals surface area (Å²) in [4.78, 5) is 14.3. The Hall–Kier alpha value is -1.07. The maximum atomic E-state index is 12.3. The molecule has 2 rings (SSSR count). The van der Waals surface area contributed by atoms with Gasteiger partial charge in [0.2, 0.25) is 5.91 Å². The second-order valence-corrected chi connectivity index (χ2v) is 8.61. The molecule has 1 fully saturated rings. The number of rotatable bonds is 4. The van der Waals surface area contributed by atoms with Crippen LogP contribution in [0.3, 0.4) is 0 Å². The van der Waals surface area contributed by atoms with E-state index in [4.69, 9.17) is 10.7 Å². The van der Waals surface area contributed by atoms with Crippen molar-refractivity contribution in [3.8, 4) is 0 Å². The minimum absolute atomic E-state index is 0.0480. The molecule has 0 atom stereocenters. The number of hydrogen-bond acceptors (Lipinski definition) is 3. The van der Waals surface area contributed by atoms with E-state index in [9.17, 15) is 13.2 Å². The number of carbonyl (C=O) groups excluding carboxylic acids is 1. The summed E-state index contributed by atoms with van der Waals surface area (Å²) >= 11 is 0. The average Bonchev–Trinajstić information content (AvgIpc) is 2.75. The first kappa shape index (κ1) is 16.3. The van der Waals surface area contributed by atoms with Gasteiger partial charge in [-0.2, -0.15) is 0 Å². The maximum Gasteiger partial charge on any atom is 0.261 e. The van der Waals surface area contributed by atoms with Crippen molar-refractivity contribution in [2.75, 3.05) is 6.54 Å². The third-order valence-corrected chi connectivity index (χ3v) is 5.40. The van der Waals surface area contributed by atoms with Crippen LogP contribution in [0, 0.1) is 0 Å². The number of benzene rings is 1. The largest absolute Gasteiger partial charge is 0.338 e. The third-order valence-electron chi connectivity index (χ3n) is 4.03. The Balaban J connectivity index is 1.96. The molecule has 1 saturated heterocycles. The van der Waals surface area contributed by atoms with Crippen LogP contribution >= 0.6 is 10.7 Å². The predicted octanol–water partition coefficient (Wildman–Crippen LogP) is 2.95. The Kier molecular flexibility index (Phi) is 4.63. The van der Waals surface area contributed by atoms with E-state index in [1.807, 2.05) is 4.90 Å². The van der Waals surface area contributed by atoms with E-state index in [1.165, 1.54) is 12.1 Å². The molecule has 0 bridgehead atoms. The summed E-state index contributed by atoms with van der Waals surface area (Å²) in [5.74, 6) is 0.159. The minimum atomic E-state index is -3.68. The van der Waals surface area contributed by atoms with Crippen molar-refractivity contribution in [3.63, 3.8) is 0 Å². The molecule has 1 amide bonds. The van der Waals surface area contributed by atoms with Crippen LogP contribution in [0.15, 0.2) is 29.2 Å². The van der Waals surface area contributed by atoms with E-state index in [2.05, 4.69) is 13.8 Å². The van der Waals surface area contributed by atoms with Crippen LogP contribution < -0.4 is 0 Å². The molecule has 1 heterocycles. The van der Waals surface area contributed by atoms with E-state index in [1.54, 1.807) is 12.1 Å². The molecule has 0 saturated carbocycles. The molecule has 0 unspecified atom stereocenters. The summed E-state index contributed by atoms with van der Waals surface area (Å²) in [6, 6.07) is 6.36. The van der Waals surface area contributed by atoms with Gasteiger partial charge in [-0.05, 0) is 50.8 Å². The molecule has 1 aliphatic rings. The number of likely N-dealkylation sites (tertiary alicyclic amines) is 1. The maximum absolute atomic E-state index is 12.3. The fraction of sp³-hybridized carbons (Fsp3) is 0.533. The van der Waals surface area contributed by atoms with E-state index >= 15 is 0 Å². The van der Waals surface area contributed by atoms with Crippen LogP contribution in [0.4, 0.5) is 0 Å². The zero-order valence-corrected chi connectivity index (χ0v) is 13.9. The topological polar surface area (TPSA) is 54.5 Å². The molecule has 0 aromatic heterocycles. The molecular formula is C15H20ClNO3S. The van der Waals surface area contributed by atoms with Crippen LogP contribution in [-0.2, 0) is 20.3 Å². The fourth-order valence-corrected chi connectivity index (χ4v) is 3.54. The lowest BCUT2D eigenvalue weighted by Crippen LogP contribution is -2.42. The van der Waals surface area contributed by atoms with Crippen LogP contribution in [0.1, 0.15) is 38.7 Å². The molecule has 116 valence electrons. The van der Waals surface area contributed by atoms with Crippen molar-refractivity contribution in [2.45, 2.75) is 50.0 Å². The van der Waals surface area contributed by atoms with Crippen molar-refractivity contribution < 1.29 is 13.2 Å². The zero-order chi connectivity index (χ0) is 15.7. The van der Waals surface area contributed by atoms with Gasteiger partial charge in [0.05, 0.1) is 4.90 Å². The number of aryl methyl sites for hydroxylation is 1. The van der Waals surface area contributed by atoms with Gasteiger partial charge >= 0.3 is 0 Å². The highest BCUT2D eigenvalue weighted by Crippen LogP contribution is 2.29. The Morgan fingerprint density at radius 1 is 1.29 bits per heavy atom. The smallest absolute Gasteiger partial charge is 0.261 e. The van der Waals surface area contributed by atoms with Crippen LogP contribution in [0.2, 0.25) is 0 Å². The average molecular weight is 330 g/mol. The van der Waals surface area contributed by atoms with Gasteiger partial charge < -0.3 is 4.90 Å². The van der Waals surface area contributed by atoms with Gasteiger partial charge in [0.1, 0.15) is 0 Å². The van der Waals surface area contributed by atoms with Crippen molar-refractivity contribution in [2.24, 2.45) is 0 Å². The van der Waals surface area contributed by atoms with Crippen molar-refractivity contribution >= 4 is 25.6 Å². The normalized spacial score (nSPS) is 18.0. The Bertz CT molecular complexity index is 623. The number of hydrogen-bond donors (Lipinski definition) is 0. The standard InChI is InChI=1S/C15H20ClNO3S/c1-15(2)10-3-11-17(15)14(18)9-6-12-4-7-13(8-5-12)21(16,19)20/h4-5,7-8H,3,6,9-11H2,1-2H3. The first-order valence-corrected chi connectivity index (χ1v) is 9.35. The van der Waals surface area contributed by atoms with Crippen molar-refractivity contribution in [1.82, 2.24) is 4.90 Å². The summed E-state index contributed by atoms with van der Waals surface area (Å²) in [6.07, 6.45) is 3.15. The van der Waals surface area contributed by atoms with E-state index < -0.39 is 9.05 Å². The predicted molar refractivity (Wildman–Crippen MR) is 82.8 cm³/mol. The van der Waals surface area contributed by atoms with Gasteiger partial charge in [0.25, 0.3) is 9.05 Å². The van der Waals surface area contributed by atoms with Gasteiger partial charge in [-0.25, -0.2) is 8.42 Å². The summed E-state index contributed by atoms with van der Waals surface area (Å²) in [6.45, 7) is 5.02.